The fourth-order valence-electron chi connectivity index (χ4n) is 2.63. The maximum atomic E-state index is 12.7. The van der Waals surface area contributed by atoms with Crippen molar-refractivity contribution in [2.45, 2.75) is 0 Å². The number of amides is 2. The molecule has 0 aromatic heterocycles. The third-order valence-electron chi connectivity index (χ3n) is 4.01. The molecule has 0 radical (unpaired) electrons. The van der Waals surface area contributed by atoms with Gasteiger partial charge in [-0.05, 0) is 48.5 Å². The number of hydrogen-bond donors (Lipinski definition) is 4. The van der Waals surface area contributed by atoms with E-state index < -0.39 is 17.8 Å². The first-order chi connectivity index (χ1) is 14.5. The minimum Gasteiger partial charge on any atom is -0.478 e. The fraction of sp³-hybridized carbons (Fsp3) is 0. The van der Waals surface area contributed by atoms with Crippen molar-refractivity contribution in [1.29, 1.82) is 0 Å². The van der Waals surface area contributed by atoms with Gasteiger partial charge in [0.15, 0.2) is 0 Å². The second-order valence-corrected chi connectivity index (χ2v) is 6.23. The van der Waals surface area contributed by atoms with Crippen molar-refractivity contribution in [2.75, 3.05) is 16.0 Å². The molecule has 4 N–H and O–H groups in total. The molecule has 150 valence electrons. The molecule has 0 fully saturated rings. The number of rotatable bonds is 7. The average molecular weight is 401 g/mol. The highest BCUT2D eigenvalue weighted by molar-refractivity contribution is 6.11. The Morgan fingerprint density at radius 3 is 1.97 bits per heavy atom. The van der Waals surface area contributed by atoms with Crippen LogP contribution in [0.3, 0.4) is 0 Å². The van der Waals surface area contributed by atoms with E-state index in [9.17, 15) is 14.4 Å². The van der Waals surface area contributed by atoms with Gasteiger partial charge in [-0.3, -0.25) is 9.59 Å². The second kappa shape index (κ2) is 9.70. The lowest BCUT2D eigenvalue weighted by atomic mass is 10.1. The van der Waals surface area contributed by atoms with Crippen LogP contribution < -0.4 is 16.0 Å². The summed E-state index contributed by atoms with van der Waals surface area (Å²) in [6, 6.07) is 23.4. The molecule has 3 aromatic rings. The summed E-state index contributed by atoms with van der Waals surface area (Å²) in [7, 11) is 0. The highest BCUT2D eigenvalue weighted by Gasteiger charge is 2.12. The Bertz CT molecular complexity index is 1080. The van der Waals surface area contributed by atoms with E-state index in [1.54, 1.807) is 36.4 Å². The van der Waals surface area contributed by atoms with Gasteiger partial charge in [0, 0.05) is 29.2 Å². The summed E-state index contributed by atoms with van der Waals surface area (Å²) in [5.41, 5.74) is 2.94. The molecule has 7 nitrogen and oxygen atoms in total. The first kappa shape index (κ1) is 20.3. The average Bonchev–Trinajstić information content (AvgIpc) is 2.75. The van der Waals surface area contributed by atoms with E-state index in [1.165, 1.54) is 0 Å². The molecule has 0 bridgehead atoms. The van der Waals surface area contributed by atoms with E-state index in [2.05, 4.69) is 16.0 Å². The van der Waals surface area contributed by atoms with Crippen molar-refractivity contribution in [3.8, 4) is 0 Å². The first-order valence-corrected chi connectivity index (χ1v) is 9.06. The van der Waals surface area contributed by atoms with E-state index in [-0.39, 0.29) is 11.3 Å². The fourth-order valence-corrected chi connectivity index (χ4v) is 2.63. The van der Waals surface area contributed by atoms with Crippen LogP contribution in [0.15, 0.2) is 91.0 Å². The Balaban J connectivity index is 1.67. The maximum absolute atomic E-state index is 12.7. The zero-order chi connectivity index (χ0) is 21.3. The lowest BCUT2D eigenvalue weighted by Crippen LogP contribution is -2.17. The number of carbonyl (C=O) groups excluding carboxylic acids is 2. The Labute approximate surface area is 173 Å². The topological polar surface area (TPSA) is 108 Å². The zero-order valence-corrected chi connectivity index (χ0v) is 15.8. The van der Waals surface area contributed by atoms with Gasteiger partial charge in [-0.2, -0.15) is 0 Å². The van der Waals surface area contributed by atoms with E-state index in [0.717, 1.165) is 23.5 Å². The smallest absolute Gasteiger partial charge is 0.328 e. The molecule has 0 unspecified atom stereocenters. The third-order valence-corrected chi connectivity index (χ3v) is 4.01. The van der Waals surface area contributed by atoms with Crippen molar-refractivity contribution >= 4 is 40.5 Å². The van der Waals surface area contributed by atoms with Crippen molar-refractivity contribution in [2.24, 2.45) is 0 Å². The second-order valence-electron chi connectivity index (χ2n) is 6.23. The maximum Gasteiger partial charge on any atom is 0.328 e. The minimum absolute atomic E-state index is 0.251. The van der Waals surface area contributed by atoms with E-state index in [0.29, 0.717) is 5.69 Å². The van der Waals surface area contributed by atoms with Crippen LogP contribution in [0.4, 0.5) is 22.7 Å². The summed E-state index contributed by atoms with van der Waals surface area (Å²) in [5, 5.41) is 17.2. The van der Waals surface area contributed by atoms with Crippen LogP contribution in [0.5, 0.6) is 0 Å². The van der Waals surface area contributed by atoms with Gasteiger partial charge in [-0.1, -0.05) is 30.3 Å². The summed E-state index contributed by atoms with van der Waals surface area (Å²) in [5.74, 6) is -2.28. The number of nitrogens with one attached hydrogen (secondary N) is 3. The van der Waals surface area contributed by atoms with Gasteiger partial charge in [0.25, 0.3) is 5.91 Å². The van der Waals surface area contributed by atoms with Crippen molar-refractivity contribution in [3.05, 3.63) is 96.6 Å². The molecule has 0 spiro atoms. The predicted molar refractivity (Wildman–Crippen MR) is 116 cm³/mol. The molecular weight excluding hydrogens is 382 g/mol. The van der Waals surface area contributed by atoms with E-state index in [4.69, 9.17) is 5.11 Å². The predicted octanol–water partition coefficient (Wildman–Crippen LogP) is 4.26. The molecule has 0 heterocycles. The number of para-hydroxylation sites is 2. The molecule has 0 aliphatic rings. The SMILES string of the molecule is O=C(O)C=CC(=O)Nc1ccccc1C(=O)Nc1ccc(Nc2ccccc2)cc1. The summed E-state index contributed by atoms with van der Waals surface area (Å²) >= 11 is 0. The van der Waals surface area contributed by atoms with Crippen LogP contribution in [0.25, 0.3) is 0 Å². The Kier molecular flexibility index (Phi) is 6.58. The van der Waals surface area contributed by atoms with Gasteiger partial charge in [0.1, 0.15) is 0 Å². The van der Waals surface area contributed by atoms with Crippen LogP contribution in [-0.4, -0.2) is 22.9 Å². The normalized spacial score (nSPS) is 10.4. The molecule has 0 saturated carbocycles. The van der Waals surface area contributed by atoms with Gasteiger partial charge in [0.05, 0.1) is 11.3 Å². The van der Waals surface area contributed by atoms with Crippen LogP contribution >= 0.6 is 0 Å². The largest absolute Gasteiger partial charge is 0.478 e. The number of carboxylic acids is 1. The van der Waals surface area contributed by atoms with Crippen molar-refractivity contribution in [3.63, 3.8) is 0 Å². The zero-order valence-electron chi connectivity index (χ0n) is 15.8. The molecule has 7 heteroatoms. The Hall–Kier alpha value is -4.39. The number of aliphatic carboxylic acids is 1. The van der Waals surface area contributed by atoms with Gasteiger partial charge in [-0.25, -0.2) is 4.79 Å². The van der Waals surface area contributed by atoms with E-state index in [1.807, 2.05) is 42.5 Å². The highest BCUT2D eigenvalue weighted by atomic mass is 16.4. The molecule has 3 rings (SSSR count). The van der Waals surface area contributed by atoms with Crippen LogP contribution in [-0.2, 0) is 9.59 Å². The summed E-state index contributed by atoms with van der Waals surface area (Å²) in [4.78, 5) is 35.0. The van der Waals surface area contributed by atoms with Crippen LogP contribution in [0.1, 0.15) is 10.4 Å². The van der Waals surface area contributed by atoms with E-state index >= 15 is 0 Å². The highest BCUT2D eigenvalue weighted by Crippen LogP contribution is 2.21. The first-order valence-electron chi connectivity index (χ1n) is 9.06. The molecular formula is C23H19N3O4. The number of benzene rings is 3. The number of carboxylic acid groups (broad SMARTS) is 1. The molecule has 0 saturated heterocycles. The number of anilines is 4. The summed E-state index contributed by atoms with van der Waals surface area (Å²) < 4.78 is 0. The van der Waals surface area contributed by atoms with Crippen molar-refractivity contribution in [1.82, 2.24) is 0 Å². The quantitative estimate of drug-likeness (QED) is 0.443. The molecule has 0 aliphatic carbocycles. The third kappa shape index (κ3) is 5.80. The lowest BCUT2D eigenvalue weighted by molar-refractivity contribution is -0.131. The van der Waals surface area contributed by atoms with Crippen molar-refractivity contribution < 1.29 is 19.5 Å². The molecule has 0 atom stereocenters. The number of carbonyl (C=O) groups is 3. The Morgan fingerprint density at radius 2 is 1.27 bits per heavy atom. The molecule has 30 heavy (non-hydrogen) atoms. The minimum atomic E-state index is -1.23. The monoisotopic (exact) mass is 401 g/mol. The van der Waals surface area contributed by atoms with Crippen LogP contribution in [0, 0.1) is 0 Å². The van der Waals surface area contributed by atoms with Gasteiger partial charge < -0.3 is 21.1 Å². The number of hydrogen-bond acceptors (Lipinski definition) is 4. The molecule has 3 aromatic carbocycles. The molecule has 0 aliphatic heterocycles. The van der Waals surface area contributed by atoms with Gasteiger partial charge in [-0.15, -0.1) is 0 Å². The lowest BCUT2D eigenvalue weighted by Gasteiger charge is -2.11. The summed E-state index contributed by atoms with van der Waals surface area (Å²) in [6.07, 6.45) is 1.61. The summed E-state index contributed by atoms with van der Waals surface area (Å²) in [6.45, 7) is 0. The molecule has 2 amide bonds. The van der Waals surface area contributed by atoms with Crippen LogP contribution in [0.2, 0.25) is 0 Å². The van der Waals surface area contributed by atoms with Gasteiger partial charge >= 0.3 is 5.97 Å². The van der Waals surface area contributed by atoms with Gasteiger partial charge in [0.2, 0.25) is 5.91 Å². The standard InChI is InChI=1S/C23H19N3O4/c27-21(14-15-22(28)29)26-20-9-5-4-8-19(20)23(30)25-18-12-10-17(11-13-18)24-16-6-2-1-3-7-16/h1-15,24H,(H,25,30)(H,26,27)(H,28,29). The Morgan fingerprint density at radius 1 is 0.667 bits per heavy atom.